The van der Waals surface area contributed by atoms with Gasteiger partial charge in [-0.1, -0.05) is 44.2 Å². The molecule has 0 heterocycles. The molecule has 2 atom stereocenters. The zero-order chi connectivity index (χ0) is 14.8. The van der Waals surface area contributed by atoms with Crippen LogP contribution in [0.5, 0.6) is 0 Å². The van der Waals surface area contributed by atoms with Crippen molar-refractivity contribution in [1.82, 2.24) is 0 Å². The molecule has 0 radical (unpaired) electrons. The van der Waals surface area contributed by atoms with Gasteiger partial charge in [0, 0.05) is 16.9 Å². The van der Waals surface area contributed by atoms with Crippen molar-refractivity contribution in [2.24, 2.45) is 17.3 Å². The Morgan fingerprint density at radius 2 is 1.80 bits per heavy atom. The van der Waals surface area contributed by atoms with Gasteiger partial charge in [0.2, 0.25) is 0 Å². The first kappa shape index (κ1) is 15.0. The van der Waals surface area contributed by atoms with Crippen molar-refractivity contribution >= 4 is 11.6 Å². The third-order valence-corrected chi connectivity index (χ3v) is 4.57. The molecule has 2 rings (SSSR count). The number of carbonyl (C=O) groups excluding carboxylic acids is 2. The Labute approximate surface area is 121 Å². The first-order valence-electron chi connectivity index (χ1n) is 7.50. The Kier molecular flexibility index (Phi) is 4.42. The average Bonchev–Trinajstić information content (AvgIpc) is 2.87. The van der Waals surface area contributed by atoms with Crippen molar-refractivity contribution in [3.05, 3.63) is 35.9 Å². The summed E-state index contributed by atoms with van der Waals surface area (Å²) in [5.41, 5.74) is 0.441. The summed E-state index contributed by atoms with van der Waals surface area (Å²) in [5.74, 6) is 1.25. The highest BCUT2D eigenvalue weighted by Crippen LogP contribution is 2.40. The molecule has 0 bridgehead atoms. The van der Waals surface area contributed by atoms with Gasteiger partial charge in [0.25, 0.3) is 0 Å². The molecule has 0 N–H and O–H groups in total. The van der Waals surface area contributed by atoms with Crippen LogP contribution in [0, 0.1) is 17.3 Å². The Morgan fingerprint density at radius 1 is 1.15 bits per heavy atom. The maximum Gasteiger partial charge on any atom is 0.168 e. The van der Waals surface area contributed by atoms with Gasteiger partial charge in [-0.05, 0) is 38.5 Å². The van der Waals surface area contributed by atoms with Gasteiger partial charge in [0.05, 0.1) is 0 Å². The van der Waals surface area contributed by atoms with Crippen LogP contribution in [0.15, 0.2) is 30.3 Å². The first-order valence-corrected chi connectivity index (χ1v) is 7.50. The molecule has 108 valence electrons. The maximum atomic E-state index is 12.6. The molecule has 0 saturated heterocycles. The minimum absolute atomic E-state index is 0.212. The molecule has 1 fully saturated rings. The predicted octanol–water partition coefficient (Wildman–Crippen LogP) is 4.29. The van der Waals surface area contributed by atoms with Gasteiger partial charge in [-0.3, -0.25) is 9.59 Å². The van der Waals surface area contributed by atoms with E-state index < -0.39 is 0 Å². The molecule has 0 aliphatic heterocycles. The van der Waals surface area contributed by atoms with Gasteiger partial charge < -0.3 is 0 Å². The molecule has 2 heteroatoms. The summed E-state index contributed by atoms with van der Waals surface area (Å²) in [7, 11) is 0. The highest BCUT2D eigenvalue weighted by Gasteiger charge is 2.35. The molecular formula is C18H24O2. The van der Waals surface area contributed by atoms with E-state index in [0.717, 1.165) is 31.2 Å². The van der Waals surface area contributed by atoms with Crippen molar-refractivity contribution in [1.29, 1.82) is 0 Å². The van der Waals surface area contributed by atoms with E-state index in [1.165, 1.54) is 0 Å². The molecular weight excluding hydrogens is 248 g/mol. The van der Waals surface area contributed by atoms with Crippen LogP contribution in [0.2, 0.25) is 0 Å². The van der Waals surface area contributed by atoms with Gasteiger partial charge in [-0.25, -0.2) is 0 Å². The topological polar surface area (TPSA) is 34.1 Å². The number of carbonyl (C=O) groups is 2. The molecule has 20 heavy (non-hydrogen) atoms. The van der Waals surface area contributed by atoms with Crippen LogP contribution in [0.4, 0.5) is 0 Å². The minimum Gasteiger partial charge on any atom is -0.300 e. The Balaban J connectivity index is 2.01. The molecule has 1 aliphatic carbocycles. The fourth-order valence-electron chi connectivity index (χ4n) is 3.42. The molecule has 0 aromatic heterocycles. The van der Waals surface area contributed by atoms with E-state index in [1.54, 1.807) is 6.92 Å². The van der Waals surface area contributed by atoms with Gasteiger partial charge in [0.1, 0.15) is 5.78 Å². The van der Waals surface area contributed by atoms with Gasteiger partial charge in [0.15, 0.2) is 5.78 Å². The van der Waals surface area contributed by atoms with Crippen molar-refractivity contribution in [2.45, 2.75) is 46.5 Å². The number of ketones is 2. The molecule has 2 nitrogen and oxygen atoms in total. The smallest absolute Gasteiger partial charge is 0.168 e. The predicted molar refractivity (Wildman–Crippen MR) is 80.7 cm³/mol. The van der Waals surface area contributed by atoms with Gasteiger partial charge in [-0.15, -0.1) is 0 Å². The van der Waals surface area contributed by atoms with E-state index in [4.69, 9.17) is 0 Å². The van der Waals surface area contributed by atoms with E-state index in [9.17, 15) is 9.59 Å². The number of Topliss-reactive ketones (excluding diaryl/α,β-unsaturated/α-hetero) is 2. The van der Waals surface area contributed by atoms with Crippen LogP contribution in [0.3, 0.4) is 0 Å². The summed E-state index contributed by atoms with van der Waals surface area (Å²) in [6.45, 7) is 5.75. The normalized spacial score (nSPS) is 22.8. The molecule has 0 amide bonds. The Morgan fingerprint density at radius 3 is 2.35 bits per heavy atom. The summed E-state index contributed by atoms with van der Waals surface area (Å²) >= 11 is 0. The monoisotopic (exact) mass is 272 g/mol. The maximum absolute atomic E-state index is 12.6. The molecule has 1 aliphatic rings. The largest absolute Gasteiger partial charge is 0.300 e. The minimum atomic E-state index is -0.350. The number of hydrogen-bond donors (Lipinski definition) is 0. The van der Waals surface area contributed by atoms with E-state index in [0.29, 0.717) is 11.7 Å². The summed E-state index contributed by atoms with van der Waals surface area (Å²) in [6, 6.07) is 9.52. The number of rotatable bonds is 5. The number of hydrogen-bond acceptors (Lipinski definition) is 2. The van der Waals surface area contributed by atoms with Crippen LogP contribution < -0.4 is 0 Å². The highest BCUT2D eigenvalue weighted by molar-refractivity contribution is 6.00. The summed E-state index contributed by atoms with van der Waals surface area (Å²) in [4.78, 5) is 24.0. The SMILES string of the molecule is CC(=O)C1CCC(CC(C)(C)C(=O)c2ccccc2)C1. The quantitative estimate of drug-likeness (QED) is 0.749. The number of benzene rings is 1. The van der Waals surface area contributed by atoms with Crippen LogP contribution in [-0.4, -0.2) is 11.6 Å². The van der Waals surface area contributed by atoms with Crippen molar-refractivity contribution in [3.8, 4) is 0 Å². The molecule has 1 aromatic carbocycles. The lowest BCUT2D eigenvalue weighted by Gasteiger charge is -2.26. The zero-order valence-electron chi connectivity index (χ0n) is 12.7. The lowest BCUT2D eigenvalue weighted by molar-refractivity contribution is -0.120. The Hall–Kier alpha value is -1.44. The second-order valence-electron chi connectivity index (χ2n) is 6.77. The standard InChI is InChI=1S/C18H24O2/c1-13(19)16-10-9-14(11-16)12-18(2,3)17(20)15-7-5-4-6-8-15/h4-8,14,16H,9-12H2,1-3H3. The van der Waals surface area contributed by atoms with Crippen molar-refractivity contribution < 1.29 is 9.59 Å². The zero-order valence-corrected chi connectivity index (χ0v) is 12.7. The lowest BCUT2D eigenvalue weighted by atomic mass is 9.76. The summed E-state index contributed by atoms with van der Waals surface area (Å²) in [5, 5.41) is 0. The van der Waals surface area contributed by atoms with Gasteiger partial charge >= 0.3 is 0 Å². The second kappa shape index (κ2) is 5.90. The highest BCUT2D eigenvalue weighted by atomic mass is 16.1. The van der Waals surface area contributed by atoms with Crippen molar-refractivity contribution in [2.75, 3.05) is 0 Å². The van der Waals surface area contributed by atoms with E-state index in [2.05, 4.69) is 0 Å². The molecule has 1 aromatic rings. The van der Waals surface area contributed by atoms with E-state index in [1.807, 2.05) is 44.2 Å². The molecule has 0 spiro atoms. The lowest BCUT2D eigenvalue weighted by Crippen LogP contribution is -2.27. The molecule has 2 unspecified atom stereocenters. The van der Waals surface area contributed by atoms with E-state index in [-0.39, 0.29) is 17.1 Å². The first-order chi connectivity index (χ1) is 9.40. The van der Waals surface area contributed by atoms with Crippen LogP contribution >= 0.6 is 0 Å². The third kappa shape index (κ3) is 3.36. The van der Waals surface area contributed by atoms with Crippen molar-refractivity contribution in [3.63, 3.8) is 0 Å². The van der Waals surface area contributed by atoms with Crippen LogP contribution in [0.25, 0.3) is 0 Å². The third-order valence-electron chi connectivity index (χ3n) is 4.57. The Bertz CT molecular complexity index is 487. The summed E-state index contributed by atoms with van der Waals surface area (Å²) < 4.78 is 0. The van der Waals surface area contributed by atoms with Gasteiger partial charge in [-0.2, -0.15) is 0 Å². The average molecular weight is 272 g/mol. The second-order valence-corrected chi connectivity index (χ2v) is 6.77. The summed E-state index contributed by atoms with van der Waals surface area (Å²) in [6.07, 6.45) is 3.91. The molecule has 1 saturated carbocycles. The fourth-order valence-corrected chi connectivity index (χ4v) is 3.42. The van der Waals surface area contributed by atoms with Crippen LogP contribution in [-0.2, 0) is 4.79 Å². The van der Waals surface area contributed by atoms with Crippen LogP contribution in [0.1, 0.15) is 56.8 Å². The fraction of sp³-hybridized carbons (Fsp3) is 0.556. The van der Waals surface area contributed by atoms with E-state index >= 15 is 0 Å².